The smallest absolute Gasteiger partial charge is 0.330 e. The molecule has 0 spiro atoms. The topological polar surface area (TPSA) is 86.7 Å². The molecule has 1 N–H and O–H groups in total. The lowest BCUT2D eigenvalue weighted by Gasteiger charge is -2.42. The van der Waals surface area contributed by atoms with Gasteiger partial charge in [0.25, 0.3) is 0 Å². The molecule has 3 heterocycles. The zero-order valence-electron chi connectivity index (χ0n) is 22.8. The van der Waals surface area contributed by atoms with Crippen molar-refractivity contribution in [2.24, 2.45) is 17.9 Å². The number of amides is 1. The number of nitrogens with zero attached hydrogens (tertiary/aromatic N) is 5. The quantitative estimate of drug-likeness (QED) is 0.432. The maximum atomic E-state index is 13.1. The number of pyridine rings is 1. The highest BCUT2D eigenvalue weighted by Crippen LogP contribution is 2.42. The number of carbonyl (C=O) groups excluding carboxylic acids is 1. The number of para-hydroxylation sites is 2. The molecule has 5 rings (SSSR count). The summed E-state index contributed by atoms with van der Waals surface area (Å²) >= 11 is 0. The van der Waals surface area contributed by atoms with Crippen LogP contribution in [0, 0.1) is 10.8 Å². The molecule has 3 aromatic heterocycles. The Labute approximate surface area is 217 Å². The minimum Gasteiger partial charge on any atom is -0.351 e. The van der Waals surface area contributed by atoms with Gasteiger partial charge in [0.15, 0.2) is 5.65 Å². The minimum absolute atomic E-state index is 0.00746. The fourth-order valence-electron chi connectivity index (χ4n) is 5.64. The molecule has 1 amide bonds. The van der Waals surface area contributed by atoms with E-state index in [-0.39, 0.29) is 40.9 Å². The van der Waals surface area contributed by atoms with Gasteiger partial charge in [-0.15, -0.1) is 0 Å². The molecule has 2 unspecified atom stereocenters. The number of hydrogen-bond acceptors (Lipinski definition) is 4. The third kappa shape index (κ3) is 4.93. The number of hydrogen-bond donors (Lipinski definition) is 1. The summed E-state index contributed by atoms with van der Waals surface area (Å²) in [5, 5.41) is 3.32. The summed E-state index contributed by atoms with van der Waals surface area (Å²) in [5.41, 5.74) is 4.38. The van der Waals surface area contributed by atoms with Gasteiger partial charge in [0.1, 0.15) is 6.54 Å². The summed E-state index contributed by atoms with van der Waals surface area (Å²) in [6.45, 7) is 11.7. The Bertz CT molecular complexity index is 1520. The molecule has 0 aliphatic heterocycles. The van der Waals surface area contributed by atoms with Crippen molar-refractivity contribution >= 4 is 28.1 Å². The molecule has 0 bridgehead atoms. The Kier molecular flexibility index (Phi) is 6.24. The maximum Gasteiger partial charge on any atom is 0.330 e. The average Bonchev–Trinajstić information content (AvgIpc) is 3.34. The van der Waals surface area contributed by atoms with Gasteiger partial charge in [0, 0.05) is 31.2 Å². The molecule has 4 aromatic rings. The van der Waals surface area contributed by atoms with Crippen LogP contribution < -0.4 is 11.0 Å². The molecule has 8 nitrogen and oxygen atoms in total. The third-order valence-electron chi connectivity index (χ3n) is 7.83. The molecule has 1 fully saturated rings. The summed E-state index contributed by atoms with van der Waals surface area (Å²) < 4.78 is 5.39. The summed E-state index contributed by atoms with van der Waals surface area (Å²) in [6.07, 6.45) is 4.54. The molecule has 37 heavy (non-hydrogen) atoms. The lowest BCUT2D eigenvalue weighted by molar-refractivity contribution is -0.123. The van der Waals surface area contributed by atoms with Crippen LogP contribution in [-0.2, 0) is 24.9 Å². The molecule has 1 aromatic carbocycles. The Balaban J connectivity index is 1.36. The van der Waals surface area contributed by atoms with E-state index in [0.29, 0.717) is 6.54 Å². The fourth-order valence-corrected chi connectivity index (χ4v) is 5.64. The van der Waals surface area contributed by atoms with Crippen molar-refractivity contribution in [1.82, 2.24) is 29.0 Å². The summed E-state index contributed by atoms with van der Waals surface area (Å²) in [6, 6.07) is 12.0. The van der Waals surface area contributed by atoms with Crippen LogP contribution in [0.15, 0.2) is 47.5 Å². The largest absolute Gasteiger partial charge is 0.351 e. The van der Waals surface area contributed by atoms with E-state index in [2.05, 4.69) is 51.0 Å². The van der Waals surface area contributed by atoms with E-state index in [1.54, 1.807) is 17.9 Å². The molecule has 2 atom stereocenters. The minimum atomic E-state index is -0.0310. The lowest BCUT2D eigenvalue weighted by Crippen LogP contribution is -2.49. The van der Waals surface area contributed by atoms with E-state index >= 15 is 0 Å². The van der Waals surface area contributed by atoms with Crippen molar-refractivity contribution < 1.29 is 4.79 Å². The molecule has 1 saturated carbocycles. The van der Waals surface area contributed by atoms with Crippen LogP contribution >= 0.6 is 0 Å². The molecule has 1 aliphatic carbocycles. The first-order valence-electron chi connectivity index (χ1n) is 13.2. The van der Waals surface area contributed by atoms with Crippen molar-refractivity contribution in [1.29, 1.82) is 0 Å². The van der Waals surface area contributed by atoms with Gasteiger partial charge in [-0.25, -0.2) is 14.8 Å². The maximum absolute atomic E-state index is 13.1. The van der Waals surface area contributed by atoms with E-state index in [1.807, 2.05) is 39.5 Å². The van der Waals surface area contributed by atoms with Crippen LogP contribution in [-0.4, -0.2) is 35.6 Å². The number of imidazole rings is 2. The van der Waals surface area contributed by atoms with Crippen molar-refractivity contribution in [3.05, 3.63) is 58.9 Å². The van der Waals surface area contributed by atoms with Gasteiger partial charge in [-0.1, -0.05) is 46.8 Å². The molecule has 1 aliphatic rings. The first kappa shape index (κ1) is 25.2. The van der Waals surface area contributed by atoms with E-state index in [0.717, 1.165) is 47.2 Å². The van der Waals surface area contributed by atoms with Gasteiger partial charge in [-0.3, -0.25) is 13.9 Å². The number of benzene rings is 1. The van der Waals surface area contributed by atoms with Crippen molar-refractivity contribution in [3.8, 4) is 0 Å². The van der Waals surface area contributed by atoms with E-state index in [1.165, 1.54) is 0 Å². The monoisotopic (exact) mass is 502 g/mol. The van der Waals surface area contributed by atoms with Gasteiger partial charge in [-0.2, -0.15) is 0 Å². The predicted octanol–water partition coefficient (Wildman–Crippen LogP) is 4.61. The van der Waals surface area contributed by atoms with Crippen LogP contribution in [0.4, 0.5) is 0 Å². The molecule has 0 radical (unpaired) electrons. The van der Waals surface area contributed by atoms with Gasteiger partial charge in [-0.05, 0) is 54.4 Å². The van der Waals surface area contributed by atoms with E-state index < -0.39 is 0 Å². The van der Waals surface area contributed by atoms with Crippen molar-refractivity contribution in [2.75, 3.05) is 0 Å². The molecule has 196 valence electrons. The first-order valence-corrected chi connectivity index (χ1v) is 13.2. The lowest BCUT2D eigenvalue weighted by atomic mass is 9.68. The molecule has 0 saturated heterocycles. The van der Waals surface area contributed by atoms with Crippen LogP contribution in [0.1, 0.15) is 65.5 Å². The predicted molar refractivity (Wildman–Crippen MR) is 146 cm³/mol. The highest BCUT2D eigenvalue weighted by molar-refractivity contribution is 5.80. The zero-order chi connectivity index (χ0) is 26.5. The zero-order valence-corrected chi connectivity index (χ0v) is 22.8. The molecule has 8 heteroatoms. The standard InChI is InChI=1S/C29H38N6O2/c1-28(2,3)17-35-23-12-11-20(31-26(23)33(6)27(35)37)19-13-14-29(4,5)24(15-19)32-25(36)16-34-18-30-21-9-7-8-10-22(21)34/h7-12,18-19,24H,13-17H2,1-6H3,(H,32,36). The van der Waals surface area contributed by atoms with Gasteiger partial charge >= 0.3 is 5.69 Å². The second-order valence-corrected chi connectivity index (χ2v) is 12.5. The van der Waals surface area contributed by atoms with Crippen molar-refractivity contribution in [3.63, 3.8) is 0 Å². The number of nitrogens with one attached hydrogen (secondary N) is 1. The summed E-state index contributed by atoms with van der Waals surface area (Å²) in [4.78, 5) is 35.5. The highest BCUT2D eigenvalue weighted by Gasteiger charge is 2.38. The van der Waals surface area contributed by atoms with E-state index in [9.17, 15) is 9.59 Å². The number of aryl methyl sites for hydroxylation is 1. The fraction of sp³-hybridized carbons (Fsp3) is 0.517. The van der Waals surface area contributed by atoms with E-state index in [4.69, 9.17) is 4.98 Å². The van der Waals surface area contributed by atoms with Crippen molar-refractivity contribution in [2.45, 2.75) is 78.9 Å². The van der Waals surface area contributed by atoms with Crippen LogP contribution in [0.3, 0.4) is 0 Å². The SMILES string of the molecule is Cn1c(=O)n(CC(C)(C)C)c2ccc(C3CCC(C)(C)C(NC(=O)Cn4cnc5ccccc54)C3)nc21. The van der Waals surface area contributed by atoms with Crippen LogP contribution in [0.2, 0.25) is 0 Å². The molecular weight excluding hydrogens is 464 g/mol. The van der Waals surface area contributed by atoms with Gasteiger partial charge in [0.2, 0.25) is 5.91 Å². The Morgan fingerprint density at radius 1 is 1.14 bits per heavy atom. The van der Waals surface area contributed by atoms with Crippen LogP contribution in [0.5, 0.6) is 0 Å². The third-order valence-corrected chi connectivity index (χ3v) is 7.83. The number of carbonyl (C=O) groups is 1. The Hall–Kier alpha value is -3.42. The molecular formula is C29H38N6O2. The number of fused-ring (bicyclic) bond motifs is 2. The summed E-state index contributed by atoms with van der Waals surface area (Å²) in [7, 11) is 1.80. The summed E-state index contributed by atoms with van der Waals surface area (Å²) in [5.74, 6) is 0.213. The van der Waals surface area contributed by atoms with Crippen LogP contribution in [0.25, 0.3) is 22.2 Å². The highest BCUT2D eigenvalue weighted by atomic mass is 16.2. The number of aromatic nitrogens is 5. The second-order valence-electron chi connectivity index (χ2n) is 12.5. The van der Waals surface area contributed by atoms with Gasteiger partial charge in [0.05, 0.1) is 22.9 Å². The Morgan fingerprint density at radius 2 is 1.89 bits per heavy atom. The number of rotatable bonds is 5. The average molecular weight is 503 g/mol. The Morgan fingerprint density at radius 3 is 2.65 bits per heavy atom. The first-order chi connectivity index (χ1) is 17.4. The van der Waals surface area contributed by atoms with Gasteiger partial charge < -0.3 is 9.88 Å². The normalized spacial score (nSPS) is 19.9. The second kappa shape index (κ2) is 9.15.